The average molecular weight is 307 g/mol. The summed E-state index contributed by atoms with van der Waals surface area (Å²) >= 11 is 3.50. The molecule has 0 aliphatic carbocycles. The fraction of sp³-hybridized carbons (Fsp3) is 0.286. The number of hydrogen-bond acceptors (Lipinski definition) is 3. The van der Waals surface area contributed by atoms with Gasteiger partial charge in [-0.25, -0.2) is 9.97 Å². The Morgan fingerprint density at radius 3 is 2.56 bits per heavy atom. The molecule has 4 heteroatoms. The second kappa shape index (κ2) is 5.16. The van der Waals surface area contributed by atoms with Crippen LogP contribution in [0.1, 0.15) is 29.8 Å². The molecule has 18 heavy (non-hydrogen) atoms. The van der Waals surface area contributed by atoms with Crippen molar-refractivity contribution in [1.82, 2.24) is 9.97 Å². The molecule has 0 amide bonds. The van der Waals surface area contributed by atoms with Crippen LogP contribution in [0, 0.1) is 13.8 Å². The minimum Gasteiger partial charge on any atom is -0.389 e. The zero-order valence-electron chi connectivity index (χ0n) is 10.6. The molecule has 0 aliphatic rings. The Hall–Kier alpha value is -1.26. The van der Waals surface area contributed by atoms with E-state index in [2.05, 4.69) is 25.9 Å². The molecule has 1 atom stereocenters. The van der Waals surface area contributed by atoms with Gasteiger partial charge in [0.15, 0.2) is 5.82 Å². The van der Waals surface area contributed by atoms with Crippen LogP contribution in [0.25, 0.3) is 11.4 Å². The Kier molecular flexibility index (Phi) is 3.78. The molecule has 0 unspecified atom stereocenters. The Morgan fingerprint density at radius 2 is 2.00 bits per heavy atom. The van der Waals surface area contributed by atoms with E-state index in [1.54, 1.807) is 13.1 Å². The van der Waals surface area contributed by atoms with Gasteiger partial charge in [0.25, 0.3) is 0 Å². The van der Waals surface area contributed by atoms with Crippen LogP contribution < -0.4 is 0 Å². The number of aliphatic hydroxyl groups is 1. The summed E-state index contributed by atoms with van der Waals surface area (Å²) in [4.78, 5) is 8.75. The van der Waals surface area contributed by atoms with Gasteiger partial charge in [0.05, 0.1) is 6.10 Å². The van der Waals surface area contributed by atoms with Crippen molar-refractivity contribution in [3.63, 3.8) is 0 Å². The highest BCUT2D eigenvalue weighted by Crippen LogP contribution is 2.24. The van der Waals surface area contributed by atoms with Gasteiger partial charge in [-0.1, -0.05) is 28.1 Å². The van der Waals surface area contributed by atoms with E-state index in [0.29, 0.717) is 5.82 Å². The van der Waals surface area contributed by atoms with E-state index < -0.39 is 6.10 Å². The van der Waals surface area contributed by atoms with Gasteiger partial charge in [0.2, 0.25) is 0 Å². The first kappa shape index (κ1) is 13.2. The predicted octanol–water partition coefficient (Wildman–Crippen LogP) is 3.58. The first-order valence-electron chi connectivity index (χ1n) is 5.77. The second-order valence-corrected chi connectivity index (χ2v) is 5.23. The SMILES string of the molecule is Cc1ccc(-c2ncc([C@@H](C)O)c(C)n2)cc1Br. The molecule has 1 aromatic carbocycles. The first-order chi connectivity index (χ1) is 8.49. The molecule has 0 saturated heterocycles. The van der Waals surface area contributed by atoms with E-state index in [1.165, 1.54) is 5.56 Å². The highest BCUT2D eigenvalue weighted by molar-refractivity contribution is 9.10. The van der Waals surface area contributed by atoms with Crippen molar-refractivity contribution in [2.24, 2.45) is 0 Å². The smallest absolute Gasteiger partial charge is 0.159 e. The lowest BCUT2D eigenvalue weighted by Gasteiger charge is -2.09. The third-order valence-electron chi connectivity index (χ3n) is 2.90. The third-order valence-corrected chi connectivity index (χ3v) is 3.75. The number of aliphatic hydroxyl groups excluding tert-OH is 1. The number of halogens is 1. The molecule has 0 bridgehead atoms. The first-order valence-corrected chi connectivity index (χ1v) is 6.56. The Bertz CT molecular complexity index is 582. The molecule has 0 radical (unpaired) electrons. The molecule has 2 rings (SSSR count). The molecule has 94 valence electrons. The van der Waals surface area contributed by atoms with Gasteiger partial charge in [-0.15, -0.1) is 0 Å². The molecular formula is C14H15BrN2O. The molecule has 1 aromatic heterocycles. The molecule has 1 heterocycles. The van der Waals surface area contributed by atoms with Crippen molar-refractivity contribution >= 4 is 15.9 Å². The molecule has 3 nitrogen and oxygen atoms in total. The quantitative estimate of drug-likeness (QED) is 0.922. The number of aromatic nitrogens is 2. The fourth-order valence-corrected chi connectivity index (χ4v) is 2.14. The molecule has 0 spiro atoms. The van der Waals surface area contributed by atoms with Crippen molar-refractivity contribution in [3.05, 3.63) is 45.7 Å². The fourth-order valence-electron chi connectivity index (χ4n) is 1.76. The maximum atomic E-state index is 9.56. The van der Waals surface area contributed by atoms with E-state index >= 15 is 0 Å². The lowest BCUT2D eigenvalue weighted by molar-refractivity contribution is 0.197. The van der Waals surface area contributed by atoms with Crippen LogP contribution in [0.5, 0.6) is 0 Å². The highest BCUT2D eigenvalue weighted by Gasteiger charge is 2.09. The van der Waals surface area contributed by atoms with Crippen molar-refractivity contribution in [2.45, 2.75) is 26.9 Å². The van der Waals surface area contributed by atoms with E-state index in [1.807, 2.05) is 32.0 Å². The van der Waals surface area contributed by atoms with Gasteiger partial charge in [0.1, 0.15) is 0 Å². The average Bonchev–Trinajstić information content (AvgIpc) is 2.32. The van der Waals surface area contributed by atoms with Crippen LogP contribution in [0.4, 0.5) is 0 Å². The van der Waals surface area contributed by atoms with Crippen LogP contribution in [-0.2, 0) is 0 Å². The normalized spacial score (nSPS) is 12.5. The standard InChI is InChI=1S/C14H15BrN2O/c1-8-4-5-11(6-13(8)15)14-16-7-12(10(3)18)9(2)17-14/h4-7,10,18H,1-3H3/t10-/m1/s1. The van der Waals surface area contributed by atoms with Gasteiger partial charge >= 0.3 is 0 Å². The number of benzene rings is 1. The molecular weight excluding hydrogens is 292 g/mol. The van der Waals surface area contributed by atoms with Crippen molar-refractivity contribution in [3.8, 4) is 11.4 Å². The minimum atomic E-state index is -0.538. The number of aryl methyl sites for hydroxylation is 2. The minimum absolute atomic E-state index is 0.538. The highest BCUT2D eigenvalue weighted by atomic mass is 79.9. The molecule has 0 saturated carbocycles. The maximum Gasteiger partial charge on any atom is 0.159 e. The topological polar surface area (TPSA) is 46.0 Å². The third kappa shape index (κ3) is 2.60. The van der Waals surface area contributed by atoms with Gasteiger partial charge in [0, 0.05) is 27.5 Å². The summed E-state index contributed by atoms with van der Waals surface area (Å²) < 4.78 is 1.04. The summed E-state index contributed by atoms with van der Waals surface area (Å²) in [5.74, 6) is 0.678. The van der Waals surface area contributed by atoms with Gasteiger partial charge in [-0.3, -0.25) is 0 Å². The summed E-state index contributed by atoms with van der Waals surface area (Å²) in [6.07, 6.45) is 1.15. The zero-order valence-corrected chi connectivity index (χ0v) is 12.2. The Labute approximate surface area is 115 Å². The van der Waals surface area contributed by atoms with Gasteiger partial charge in [-0.2, -0.15) is 0 Å². The molecule has 1 N–H and O–H groups in total. The Morgan fingerprint density at radius 1 is 1.28 bits per heavy atom. The van der Waals surface area contributed by atoms with Gasteiger partial charge < -0.3 is 5.11 Å². The zero-order chi connectivity index (χ0) is 13.3. The van der Waals surface area contributed by atoms with E-state index in [9.17, 15) is 5.11 Å². The molecule has 2 aromatic rings. The lowest BCUT2D eigenvalue weighted by atomic mass is 10.1. The monoisotopic (exact) mass is 306 g/mol. The van der Waals surface area contributed by atoms with Crippen molar-refractivity contribution in [2.75, 3.05) is 0 Å². The summed E-state index contributed by atoms with van der Waals surface area (Å²) in [7, 11) is 0. The lowest BCUT2D eigenvalue weighted by Crippen LogP contribution is -2.01. The van der Waals surface area contributed by atoms with E-state index in [4.69, 9.17) is 0 Å². The maximum absolute atomic E-state index is 9.56. The van der Waals surface area contributed by atoms with Crippen molar-refractivity contribution in [1.29, 1.82) is 0 Å². The molecule has 0 fully saturated rings. The number of hydrogen-bond donors (Lipinski definition) is 1. The predicted molar refractivity (Wildman–Crippen MR) is 75.3 cm³/mol. The van der Waals surface area contributed by atoms with Gasteiger partial charge in [-0.05, 0) is 32.4 Å². The largest absolute Gasteiger partial charge is 0.389 e. The van der Waals surface area contributed by atoms with E-state index in [0.717, 1.165) is 21.3 Å². The second-order valence-electron chi connectivity index (χ2n) is 4.37. The van der Waals surface area contributed by atoms with E-state index in [-0.39, 0.29) is 0 Å². The number of rotatable bonds is 2. The van der Waals surface area contributed by atoms with Crippen LogP contribution >= 0.6 is 15.9 Å². The summed E-state index contributed by atoms with van der Waals surface area (Å²) in [5.41, 5.74) is 3.72. The Balaban J connectivity index is 2.45. The van der Waals surface area contributed by atoms with Crippen LogP contribution in [-0.4, -0.2) is 15.1 Å². The molecule has 0 aliphatic heterocycles. The van der Waals surface area contributed by atoms with Crippen LogP contribution in [0.3, 0.4) is 0 Å². The van der Waals surface area contributed by atoms with Crippen LogP contribution in [0.2, 0.25) is 0 Å². The summed E-state index contributed by atoms with van der Waals surface area (Å²) in [6, 6.07) is 6.03. The summed E-state index contributed by atoms with van der Waals surface area (Å²) in [6.45, 7) is 5.64. The van der Waals surface area contributed by atoms with Crippen LogP contribution in [0.15, 0.2) is 28.9 Å². The summed E-state index contributed by atoms with van der Waals surface area (Å²) in [5, 5.41) is 9.56. The van der Waals surface area contributed by atoms with Crippen molar-refractivity contribution < 1.29 is 5.11 Å². The number of nitrogens with zero attached hydrogens (tertiary/aromatic N) is 2.